The highest BCUT2D eigenvalue weighted by Gasteiger charge is 2.14. The van der Waals surface area contributed by atoms with Crippen LogP contribution in [0.2, 0.25) is 5.02 Å². The van der Waals surface area contributed by atoms with Crippen LogP contribution in [0, 0.1) is 5.92 Å². The molecule has 118 valence electrons. The van der Waals surface area contributed by atoms with Crippen molar-refractivity contribution >= 4 is 28.9 Å². The summed E-state index contributed by atoms with van der Waals surface area (Å²) in [4.78, 5) is 12.0. The molecule has 1 unspecified atom stereocenters. The second-order valence-corrected chi connectivity index (χ2v) is 5.62. The minimum absolute atomic E-state index is 0.259. The molecule has 5 nitrogen and oxygen atoms in total. The molecular weight excluding hydrogens is 292 g/mol. The van der Waals surface area contributed by atoms with Crippen LogP contribution in [-0.4, -0.2) is 31.8 Å². The summed E-state index contributed by atoms with van der Waals surface area (Å²) in [5, 5.41) is 3.10. The first-order chi connectivity index (χ1) is 9.90. The number of carbonyl (C=O) groups excluding carboxylic acids is 1. The van der Waals surface area contributed by atoms with Crippen LogP contribution in [0.5, 0.6) is 0 Å². The number of ether oxygens (including phenoxy) is 2. The number of nitrogens with two attached hydrogens (primary N) is 1. The predicted molar refractivity (Wildman–Crippen MR) is 85.6 cm³/mol. The van der Waals surface area contributed by atoms with E-state index in [9.17, 15) is 4.79 Å². The number of nitrogen functional groups attached to an aromatic ring is 1. The summed E-state index contributed by atoms with van der Waals surface area (Å²) in [5.74, 6) is 0.226. The summed E-state index contributed by atoms with van der Waals surface area (Å²) in [6, 6.07) is 4.92. The lowest BCUT2D eigenvalue weighted by Gasteiger charge is -2.14. The van der Waals surface area contributed by atoms with Crippen molar-refractivity contribution < 1.29 is 14.3 Å². The molecule has 1 amide bonds. The first-order valence-electron chi connectivity index (χ1n) is 6.95. The Morgan fingerprint density at radius 2 is 2.05 bits per heavy atom. The van der Waals surface area contributed by atoms with Gasteiger partial charge in [0.15, 0.2) is 0 Å². The van der Waals surface area contributed by atoms with E-state index in [-0.39, 0.29) is 5.91 Å². The van der Waals surface area contributed by atoms with Crippen molar-refractivity contribution in [1.82, 2.24) is 0 Å². The van der Waals surface area contributed by atoms with Crippen LogP contribution in [0.25, 0.3) is 0 Å². The number of hydrogen-bond acceptors (Lipinski definition) is 4. The molecule has 1 aromatic carbocycles. The summed E-state index contributed by atoms with van der Waals surface area (Å²) < 4.78 is 10.8. The molecule has 0 aliphatic heterocycles. The van der Waals surface area contributed by atoms with E-state index < -0.39 is 6.10 Å². The van der Waals surface area contributed by atoms with Gasteiger partial charge in [0.2, 0.25) is 0 Å². The highest BCUT2D eigenvalue weighted by Crippen LogP contribution is 2.24. The van der Waals surface area contributed by atoms with E-state index >= 15 is 0 Å². The lowest BCUT2D eigenvalue weighted by molar-refractivity contribution is -0.127. The molecule has 0 aliphatic carbocycles. The maximum Gasteiger partial charge on any atom is 0.253 e. The fourth-order valence-electron chi connectivity index (χ4n) is 1.55. The van der Waals surface area contributed by atoms with Gasteiger partial charge in [0, 0.05) is 12.3 Å². The molecule has 0 fully saturated rings. The number of anilines is 2. The first kappa shape index (κ1) is 17.8. The average Bonchev–Trinajstić information content (AvgIpc) is 2.40. The number of hydrogen-bond donors (Lipinski definition) is 2. The van der Waals surface area contributed by atoms with Crippen LogP contribution in [-0.2, 0) is 14.3 Å². The third-order valence-corrected chi connectivity index (χ3v) is 2.98. The van der Waals surface area contributed by atoms with Gasteiger partial charge < -0.3 is 20.5 Å². The number of rotatable bonds is 8. The van der Waals surface area contributed by atoms with Gasteiger partial charge in [0.1, 0.15) is 6.10 Å². The Hall–Kier alpha value is -1.30. The molecule has 1 atom stereocenters. The second-order valence-electron chi connectivity index (χ2n) is 5.21. The zero-order valence-corrected chi connectivity index (χ0v) is 13.4. The van der Waals surface area contributed by atoms with Gasteiger partial charge in [-0.1, -0.05) is 25.4 Å². The number of amides is 1. The van der Waals surface area contributed by atoms with Crippen molar-refractivity contribution in [2.45, 2.75) is 26.9 Å². The highest BCUT2D eigenvalue weighted by molar-refractivity contribution is 6.34. The van der Waals surface area contributed by atoms with E-state index in [1.54, 1.807) is 25.1 Å². The lowest BCUT2D eigenvalue weighted by Crippen LogP contribution is -2.29. The SMILES string of the molecule is CC(C)COCCOC(C)C(=O)Nc1ccc(N)cc1Cl. The molecule has 6 heteroatoms. The Morgan fingerprint density at radius 3 is 2.67 bits per heavy atom. The van der Waals surface area contributed by atoms with E-state index in [4.69, 9.17) is 26.8 Å². The quantitative estimate of drug-likeness (QED) is 0.571. The third-order valence-electron chi connectivity index (χ3n) is 2.67. The molecular formula is C15H23ClN2O3. The summed E-state index contributed by atoms with van der Waals surface area (Å²) in [7, 11) is 0. The van der Waals surface area contributed by atoms with Gasteiger partial charge in [-0.2, -0.15) is 0 Å². The number of benzene rings is 1. The van der Waals surface area contributed by atoms with Crippen molar-refractivity contribution in [1.29, 1.82) is 0 Å². The van der Waals surface area contributed by atoms with Crippen LogP contribution in [0.15, 0.2) is 18.2 Å². The van der Waals surface area contributed by atoms with Crippen LogP contribution in [0.4, 0.5) is 11.4 Å². The maximum atomic E-state index is 12.0. The van der Waals surface area contributed by atoms with Gasteiger partial charge in [0.05, 0.1) is 23.9 Å². The van der Waals surface area contributed by atoms with Crippen molar-refractivity contribution in [2.24, 2.45) is 5.92 Å². The zero-order chi connectivity index (χ0) is 15.8. The molecule has 0 heterocycles. The minimum atomic E-state index is -0.582. The molecule has 0 bridgehead atoms. The van der Waals surface area contributed by atoms with Gasteiger partial charge in [-0.25, -0.2) is 0 Å². The molecule has 0 aromatic heterocycles. The standard InChI is InChI=1S/C15H23ClN2O3/c1-10(2)9-20-6-7-21-11(3)15(19)18-14-5-4-12(17)8-13(14)16/h4-5,8,10-11H,6-7,9,17H2,1-3H3,(H,18,19). The van der Waals surface area contributed by atoms with Crippen LogP contribution in [0.3, 0.4) is 0 Å². The monoisotopic (exact) mass is 314 g/mol. The molecule has 0 radical (unpaired) electrons. The van der Waals surface area contributed by atoms with Gasteiger partial charge in [-0.15, -0.1) is 0 Å². The summed E-state index contributed by atoms with van der Waals surface area (Å²) >= 11 is 6.00. The van der Waals surface area contributed by atoms with Crippen molar-refractivity contribution in [2.75, 3.05) is 30.9 Å². The average molecular weight is 315 g/mol. The van der Waals surface area contributed by atoms with Crippen LogP contribution >= 0.6 is 11.6 Å². The molecule has 1 aromatic rings. The molecule has 3 N–H and O–H groups in total. The molecule has 0 saturated carbocycles. The second kappa shape index (κ2) is 8.87. The minimum Gasteiger partial charge on any atom is -0.399 e. The fraction of sp³-hybridized carbons (Fsp3) is 0.533. The lowest BCUT2D eigenvalue weighted by atomic mass is 10.2. The molecule has 0 saturated heterocycles. The summed E-state index contributed by atoms with van der Waals surface area (Å²) in [6.45, 7) is 7.36. The van der Waals surface area contributed by atoms with Crippen LogP contribution in [0.1, 0.15) is 20.8 Å². The summed E-state index contributed by atoms with van der Waals surface area (Å²) in [6.07, 6.45) is -0.582. The molecule has 21 heavy (non-hydrogen) atoms. The van der Waals surface area contributed by atoms with Crippen LogP contribution < -0.4 is 11.1 Å². The summed E-state index contributed by atoms with van der Waals surface area (Å²) in [5.41, 5.74) is 6.66. The van der Waals surface area contributed by atoms with E-state index in [0.717, 1.165) is 0 Å². The number of nitrogens with one attached hydrogen (secondary N) is 1. The normalized spacial score (nSPS) is 12.4. The fourth-order valence-corrected chi connectivity index (χ4v) is 1.78. The van der Waals surface area contributed by atoms with Gasteiger partial charge in [-0.3, -0.25) is 4.79 Å². The molecule has 0 aliphatic rings. The Morgan fingerprint density at radius 1 is 1.33 bits per heavy atom. The van der Waals surface area contributed by atoms with Crippen molar-refractivity contribution in [3.05, 3.63) is 23.2 Å². The zero-order valence-electron chi connectivity index (χ0n) is 12.7. The molecule has 0 spiro atoms. The van der Waals surface area contributed by atoms with E-state index in [1.807, 2.05) is 0 Å². The largest absolute Gasteiger partial charge is 0.399 e. The van der Waals surface area contributed by atoms with Crippen molar-refractivity contribution in [3.63, 3.8) is 0 Å². The van der Waals surface area contributed by atoms with Gasteiger partial charge in [0.25, 0.3) is 5.91 Å². The smallest absolute Gasteiger partial charge is 0.253 e. The number of carbonyl (C=O) groups is 1. The van der Waals surface area contributed by atoms with E-state index in [0.29, 0.717) is 42.1 Å². The first-order valence-corrected chi connectivity index (χ1v) is 7.33. The van der Waals surface area contributed by atoms with Gasteiger partial charge >= 0.3 is 0 Å². The van der Waals surface area contributed by atoms with Gasteiger partial charge in [-0.05, 0) is 31.0 Å². The van der Waals surface area contributed by atoms with E-state index in [1.165, 1.54) is 0 Å². The van der Waals surface area contributed by atoms with Crippen molar-refractivity contribution in [3.8, 4) is 0 Å². The Labute approximate surface area is 130 Å². The Kier molecular flexibility index (Phi) is 7.50. The Balaban J connectivity index is 2.34. The third kappa shape index (κ3) is 6.80. The topological polar surface area (TPSA) is 73.6 Å². The van der Waals surface area contributed by atoms with E-state index in [2.05, 4.69) is 19.2 Å². The predicted octanol–water partition coefficient (Wildman–Crippen LogP) is 2.94. The number of halogens is 1. The molecule has 1 rings (SSSR count). The Bertz CT molecular complexity index is 466. The maximum absolute atomic E-state index is 12.0. The highest BCUT2D eigenvalue weighted by atomic mass is 35.5.